The van der Waals surface area contributed by atoms with Gasteiger partial charge in [0.15, 0.2) is 11.6 Å². The number of rotatable bonds is 4. The molecule has 1 aromatic carbocycles. The molecule has 2 rings (SSSR count). The lowest BCUT2D eigenvalue weighted by Gasteiger charge is -2.23. The molecule has 21 heavy (non-hydrogen) atoms. The largest absolute Gasteiger partial charge is 0.432 e. The van der Waals surface area contributed by atoms with E-state index >= 15 is 0 Å². The number of nitrogens with one attached hydrogen (secondary N) is 2. The number of nitrogens with two attached hydrogens (primary N) is 1. The van der Waals surface area contributed by atoms with Crippen molar-refractivity contribution >= 4 is 23.2 Å². The van der Waals surface area contributed by atoms with Crippen molar-refractivity contribution in [3.63, 3.8) is 0 Å². The maximum atomic E-state index is 13.4. The van der Waals surface area contributed by atoms with E-state index in [4.69, 9.17) is 5.73 Å². The Bertz CT molecular complexity index is 580. The minimum Gasteiger partial charge on any atom is -0.432 e. The lowest BCUT2D eigenvalue weighted by atomic mass is 10.1. The van der Waals surface area contributed by atoms with Crippen molar-refractivity contribution in [1.82, 2.24) is 5.32 Å². The molecule has 1 aliphatic heterocycles. The topological polar surface area (TPSA) is 93.4 Å². The van der Waals surface area contributed by atoms with E-state index in [1.807, 2.05) is 0 Å². The van der Waals surface area contributed by atoms with Crippen molar-refractivity contribution in [2.75, 3.05) is 11.1 Å². The Balaban J connectivity index is 2.19. The van der Waals surface area contributed by atoms with Gasteiger partial charge in [-0.3, -0.25) is 14.9 Å². The standard InChI is InChI=1S/C12H12F3N3O3/c13-5-3-6(16)8(4-9(5)21-12(14)15)17-7-1-2-10(19)18-11(7)20/h3-4,7,12,17H,1-2,16H2,(H,18,19,20). The molecule has 114 valence electrons. The first-order valence-electron chi connectivity index (χ1n) is 6.01. The highest BCUT2D eigenvalue weighted by molar-refractivity contribution is 6.01. The number of ether oxygens (including phenoxy) is 1. The fourth-order valence-electron chi connectivity index (χ4n) is 1.90. The van der Waals surface area contributed by atoms with Gasteiger partial charge >= 0.3 is 6.61 Å². The summed E-state index contributed by atoms with van der Waals surface area (Å²) >= 11 is 0. The molecule has 0 aliphatic carbocycles. The lowest BCUT2D eigenvalue weighted by molar-refractivity contribution is -0.133. The SMILES string of the molecule is Nc1cc(F)c(OC(F)F)cc1NC1CCC(=O)NC1=O. The number of halogens is 3. The van der Waals surface area contributed by atoms with Crippen LogP contribution in [0.4, 0.5) is 24.5 Å². The summed E-state index contributed by atoms with van der Waals surface area (Å²) < 4.78 is 41.7. The van der Waals surface area contributed by atoms with E-state index in [0.717, 1.165) is 12.1 Å². The summed E-state index contributed by atoms with van der Waals surface area (Å²) in [6, 6.07) is 0.988. The number of carbonyl (C=O) groups excluding carboxylic acids is 2. The molecule has 1 fully saturated rings. The summed E-state index contributed by atoms with van der Waals surface area (Å²) in [6.45, 7) is -3.19. The van der Waals surface area contributed by atoms with Crippen molar-refractivity contribution in [2.24, 2.45) is 0 Å². The Hall–Kier alpha value is -2.45. The summed E-state index contributed by atoms with van der Waals surface area (Å²) in [4.78, 5) is 22.6. The Morgan fingerprint density at radius 2 is 2.10 bits per heavy atom. The van der Waals surface area contributed by atoms with Crippen LogP contribution in [0.5, 0.6) is 5.75 Å². The average Bonchev–Trinajstić information content (AvgIpc) is 2.37. The maximum Gasteiger partial charge on any atom is 0.387 e. The van der Waals surface area contributed by atoms with Gasteiger partial charge in [0.05, 0.1) is 11.4 Å². The summed E-state index contributed by atoms with van der Waals surface area (Å²) in [6.07, 6.45) is 0.345. The maximum absolute atomic E-state index is 13.4. The second kappa shape index (κ2) is 5.90. The van der Waals surface area contributed by atoms with Crippen LogP contribution in [0.15, 0.2) is 12.1 Å². The van der Waals surface area contributed by atoms with E-state index in [2.05, 4.69) is 15.4 Å². The van der Waals surface area contributed by atoms with Gasteiger partial charge in [-0.15, -0.1) is 0 Å². The lowest BCUT2D eigenvalue weighted by Crippen LogP contribution is -2.47. The molecular weight excluding hydrogens is 291 g/mol. The van der Waals surface area contributed by atoms with Gasteiger partial charge in [0.1, 0.15) is 6.04 Å². The minimum absolute atomic E-state index is 0.0705. The van der Waals surface area contributed by atoms with Crippen molar-refractivity contribution in [3.05, 3.63) is 17.9 Å². The molecule has 0 spiro atoms. The van der Waals surface area contributed by atoms with Crippen LogP contribution < -0.4 is 21.1 Å². The third kappa shape index (κ3) is 3.56. The highest BCUT2D eigenvalue weighted by atomic mass is 19.3. The van der Waals surface area contributed by atoms with Crippen LogP contribution in [-0.2, 0) is 9.59 Å². The number of hydrogen-bond acceptors (Lipinski definition) is 5. The normalized spacial score (nSPS) is 18.6. The van der Waals surface area contributed by atoms with Crippen LogP contribution in [0.2, 0.25) is 0 Å². The van der Waals surface area contributed by atoms with Gasteiger partial charge in [-0.25, -0.2) is 4.39 Å². The molecule has 6 nitrogen and oxygen atoms in total. The first kappa shape index (κ1) is 14.9. The zero-order valence-electron chi connectivity index (χ0n) is 10.7. The Morgan fingerprint density at radius 3 is 2.71 bits per heavy atom. The van der Waals surface area contributed by atoms with Gasteiger partial charge in [-0.05, 0) is 6.42 Å². The van der Waals surface area contributed by atoms with E-state index in [0.29, 0.717) is 0 Å². The number of benzene rings is 1. The number of hydrogen-bond donors (Lipinski definition) is 3. The highest BCUT2D eigenvalue weighted by Gasteiger charge is 2.27. The summed E-state index contributed by atoms with van der Waals surface area (Å²) in [5.74, 6) is -2.69. The first-order chi connectivity index (χ1) is 9.86. The van der Waals surface area contributed by atoms with E-state index < -0.39 is 36.0 Å². The highest BCUT2D eigenvalue weighted by Crippen LogP contribution is 2.30. The molecule has 1 unspecified atom stereocenters. The van der Waals surface area contributed by atoms with Gasteiger partial charge in [0.25, 0.3) is 0 Å². The Labute approximate surface area is 117 Å². The van der Waals surface area contributed by atoms with Crippen LogP contribution in [0, 0.1) is 5.82 Å². The second-order valence-corrected chi connectivity index (χ2v) is 4.40. The third-order valence-electron chi connectivity index (χ3n) is 2.89. The van der Waals surface area contributed by atoms with E-state index in [-0.39, 0.29) is 24.2 Å². The zero-order valence-corrected chi connectivity index (χ0v) is 10.7. The summed E-state index contributed by atoms with van der Waals surface area (Å²) in [5, 5.41) is 4.80. The molecule has 1 saturated heterocycles. The fourth-order valence-corrected chi connectivity index (χ4v) is 1.90. The fraction of sp³-hybridized carbons (Fsp3) is 0.333. The number of anilines is 2. The van der Waals surface area contributed by atoms with Crippen molar-refractivity contribution in [3.8, 4) is 5.75 Å². The smallest absolute Gasteiger partial charge is 0.387 e. The predicted octanol–water partition coefficient (Wildman–Crippen LogP) is 1.23. The molecule has 9 heteroatoms. The molecule has 1 aliphatic rings. The van der Waals surface area contributed by atoms with Crippen LogP contribution in [0.25, 0.3) is 0 Å². The van der Waals surface area contributed by atoms with Gasteiger partial charge in [-0.2, -0.15) is 8.78 Å². The van der Waals surface area contributed by atoms with Gasteiger partial charge in [0, 0.05) is 18.6 Å². The quantitative estimate of drug-likeness (QED) is 0.574. The first-order valence-corrected chi connectivity index (χ1v) is 6.01. The van der Waals surface area contributed by atoms with Crippen LogP contribution in [0.1, 0.15) is 12.8 Å². The molecule has 0 bridgehead atoms. The number of piperidine rings is 1. The molecule has 2 amide bonds. The van der Waals surface area contributed by atoms with Crippen molar-refractivity contribution in [2.45, 2.75) is 25.5 Å². The van der Waals surface area contributed by atoms with Gasteiger partial charge in [-0.1, -0.05) is 0 Å². The van der Waals surface area contributed by atoms with Gasteiger partial charge < -0.3 is 15.8 Å². The van der Waals surface area contributed by atoms with Crippen LogP contribution in [0.3, 0.4) is 0 Å². The van der Waals surface area contributed by atoms with E-state index in [9.17, 15) is 22.8 Å². The number of imide groups is 1. The molecule has 1 aromatic rings. The monoisotopic (exact) mass is 303 g/mol. The van der Waals surface area contributed by atoms with E-state index in [1.54, 1.807) is 0 Å². The molecule has 1 heterocycles. The molecular formula is C12H12F3N3O3. The molecule has 1 atom stereocenters. The van der Waals surface area contributed by atoms with Crippen molar-refractivity contribution < 1.29 is 27.5 Å². The second-order valence-electron chi connectivity index (χ2n) is 4.40. The Kier molecular flexibility index (Phi) is 4.20. The van der Waals surface area contributed by atoms with Crippen molar-refractivity contribution in [1.29, 1.82) is 0 Å². The number of amides is 2. The third-order valence-corrected chi connectivity index (χ3v) is 2.89. The zero-order chi connectivity index (χ0) is 15.6. The molecule has 4 N–H and O–H groups in total. The predicted molar refractivity (Wildman–Crippen MR) is 67.2 cm³/mol. The average molecular weight is 303 g/mol. The summed E-state index contributed by atoms with van der Waals surface area (Å²) in [5.41, 5.74) is 5.57. The molecule has 0 saturated carbocycles. The van der Waals surface area contributed by atoms with E-state index in [1.165, 1.54) is 0 Å². The molecule has 0 aromatic heterocycles. The number of nitrogen functional groups attached to an aromatic ring is 1. The minimum atomic E-state index is -3.19. The van der Waals surface area contributed by atoms with Crippen LogP contribution >= 0.6 is 0 Å². The van der Waals surface area contributed by atoms with Crippen LogP contribution in [-0.4, -0.2) is 24.5 Å². The number of alkyl halides is 2. The Morgan fingerprint density at radius 1 is 1.38 bits per heavy atom. The van der Waals surface area contributed by atoms with Gasteiger partial charge in [0.2, 0.25) is 11.8 Å². The summed E-state index contributed by atoms with van der Waals surface area (Å²) in [7, 11) is 0. The number of carbonyl (C=O) groups is 2. The molecule has 0 radical (unpaired) electrons.